The maximum absolute atomic E-state index is 15.1. The standard InChI is InChI=1S/C51H50F2N10O5/c1-29(64)60-22-17-42-39(28-60)48(61-19-4-5-31-23-35(36(47(52)53)24-44(31)61)38-27-58(2)41-14-18-54-25-37(38)41)57-63(42)33-15-20-59(21-16-33)26-30-8-10-32(11-9-30)55-40-7-3-6-34-46(40)51(68)62(50(34)67)43-12-13-45(65)56-49(43)66/h3,6-11,14,18,23-25,27,33,43,47,55H,4-5,12-13,15-17,19-22,26,28H2,1-2H3,(H,56,65,66). The van der Waals surface area contributed by atoms with E-state index in [1.54, 1.807) is 43.6 Å². The molecule has 0 saturated carbocycles. The second kappa shape index (κ2) is 17.1. The number of likely N-dealkylation sites (tertiary alicyclic amines) is 1. The number of alkyl halides is 2. The molecule has 5 aliphatic heterocycles. The Hall–Kier alpha value is -7.27. The van der Waals surface area contributed by atoms with Crippen LogP contribution in [0.3, 0.4) is 0 Å². The molecule has 2 N–H and O–H groups in total. The highest BCUT2D eigenvalue weighted by Crippen LogP contribution is 2.45. The smallest absolute Gasteiger partial charge is 0.264 e. The first-order valence-corrected chi connectivity index (χ1v) is 23.3. The summed E-state index contributed by atoms with van der Waals surface area (Å²) in [5.41, 5.74) is 8.67. The van der Waals surface area contributed by atoms with Crippen LogP contribution in [0.15, 0.2) is 79.3 Å². The molecule has 0 spiro atoms. The van der Waals surface area contributed by atoms with Crippen LogP contribution < -0.4 is 15.5 Å². The van der Waals surface area contributed by atoms with Gasteiger partial charge in [0.15, 0.2) is 5.82 Å². The Balaban J connectivity index is 0.801. The average molecular weight is 921 g/mol. The molecule has 1 unspecified atom stereocenters. The second-order valence-corrected chi connectivity index (χ2v) is 18.6. The lowest BCUT2D eigenvalue weighted by atomic mass is 9.91. The number of anilines is 4. The molecular formula is C51H50F2N10O5. The van der Waals surface area contributed by atoms with E-state index in [1.807, 2.05) is 59.1 Å². The van der Waals surface area contributed by atoms with Gasteiger partial charge in [-0.05, 0) is 91.3 Å². The monoisotopic (exact) mass is 920 g/mol. The number of benzene rings is 3. The highest BCUT2D eigenvalue weighted by atomic mass is 19.3. The molecule has 6 aromatic rings. The predicted octanol–water partition coefficient (Wildman–Crippen LogP) is 7.35. The number of aryl methyl sites for hydroxylation is 2. The van der Waals surface area contributed by atoms with Crippen molar-refractivity contribution in [1.82, 2.24) is 39.3 Å². The molecule has 68 heavy (non-hydrogen) atoms. The molecule has 8 heterocycles. The van der Waals surface area contributed by atoms with Gasteiger partial charge < -0.3 is 19.7 Å². The Bertz CT molecular complexity index is 3060. The molecule has 3 aromatic heterocycles. The van der Waals surface area contributed by atoms with Crippen molar-refractivity contribution in [3.63, 3.8) is 0 Å². The minimum atomic E-state index is -2.71. The Kier molecular flexibility index (Phi) is 10.9. The maximum atomic E-state index is 15.1. The van der Waals surface area contributed by atoms with Crippen LogP contribution in [0.25, 0.3) is 22.0 Å². The van der Waals surface area contributed by atoms with E-state index >= 15 is 8.78 Å². The maximum Gasteiger partial charge on any atom is 0.264 e. The number of rotatable bonds is 9. The molecular weight excluding hydrogens is 871 g/mol. The number of amides is 5. The van der Waals surface area contributed by atoms with Crippen molar-refractivity contribution >= 4 is 63.3 Å². The first kappa shape index (κ1) is 43.3. The molecule has 2 saturated heterocycles. The molecule has 17 heteroatoms. The summed E-state index contributed by atoms with van der Waals surface area (Å²) in [4.78, 5) is 75.7. The summed E-state index contributed by atoms with van der Waals surface area (Å²) in [6, 6.07) is 17.5. The Labute approximate surface area is 390 Å². The fourth-order valence-corrected chi connectivity index (χ4v) is 11.0. The normalized spacial score (nSPS) is 18.9. The van der Waals surface area contributed by atoms with E-state index in [4.69, 9.17) is 5.10 Å². The largest absolute Gasteiger partial charge is 0.355 e. The van der Waals surface area contributed by atoms with Crippen molar-refractivity contribution < 1.29 is 32.8 Å². The van der Waals surface area contributed by atoms with Crippen LogP contribution >= 0.6 is 0 Å². The predicted molar refractivity (Wildman–Crippen MR) is 250 cm³/mol. The molecule has 15 nitrogen and oxygen atoms in total. The van der Waals surface area contributed by atoms with Gasteiger partial charge in [0.1, 0.15) is 6.04 Å². The number of hydrogen-bond donors (Lipinski definition) is 2. The Morgan fingerprint density at radius 1 is 0.897 bits per heavy atom. The van der Waals surface area contributed by atoms with Gasteiger partial charge in [-0.3, -0.25) is 48.8 Å². The minimum absolute atomic E-state index is 0.00624. The number of piperidine rings is 2. The van der Waals surface area contributed by atoms with Crippen LogP contribution in [0, 0.1) is 0 Å². The summed E-state index contributed by atoms with van der Waals surface area (Å²) in [5, 5.41) is 11.7. The molecule has 1 atom stereocenters. The number of carbonyl (C=O) groups excluding carboxylic acids is 5. The van der Waals surface area contributed by atoms with Gasteiger partial charge in [-0.15, -0.1) is 0 Å². The molecule has 0 aliphatic carbocycles. The van der Waals surface area contributed by atoms with Crippen LogP contribution in [0.5, 0.6) is 0 Å². The number of halogens is 2. The third-order valence-corrected chi connectivity index (χ3v) is 14.5. The Morgan fingerprint density at radius 2 is 1.71 bits per heavy atom. The number of fused-ring (bicyclic) bond motifs is 4. The van der Waals surface area contributed by atoms with Gasteiger partial charge in [-0.1, -0.05) is 18.2 Å². The third-order valence-electron chi connectivity index (χ3n) is 14.5. The van der Waals surface area contributed by atoms with Gasteiger partial charge in [0, 0.05) is 117 Å². The van der Waals surface area contributed by atoms with Crippen LogP contribution in [-0.4, -0.2) is 95.8 Å². The molecule has 3 aromatic carbocycles. The number of carbonyl (C=O) groups is 5. The van der Waals surface area contributed by atoms with Crippen LogP contribution in [0.1, 0.15) is 100 Å². The third kappa shape index (κ3) is 7.48. The summed E-state index contributed by atoms with van der Waals surface area (Å²) < 4.78 is 34.4. The number of nitrogens with zero attached hydrogens (tertiary/aromatic N) is 8. The van der Waals surface area contributed by atoms with Crippen molar-refractivity contribution in [2.45, 2.75) is 83.5 Å². The zero-order valence-corrected chi connectivity index (χ0v) is 37.8. The zero-order chi connectivity index (χ0) is 47.0. The molecule has 5 aliphatic rings. The van der Waals surface area contributed by atoms with Gasteiger partial charge in [0.2, 0.25) is 17.7 Å². The van der Waals surface area contributed by atoms with E-state index in [2.05, 4.69) is 30.1 Å². The zero-order valence-electron chi connectivity index (χ0n) is 37.8. The lowest BCUT2D eigenvalue weighted by Crippen LogP contribution is -2.54. The topological polar surface area (TPSA) is 158 Å². The van der Waals surface area contributed by atoms with Crippen LogP contribution in [0.2, 0.25) is 0 Å². The van der Waals surface area contributed by atoms with Gasteiger partial charge in [0.25, 0.3) is 18.2 Å². The van der Waals surface area contributed by atoms with Crippen LogP contribution in [-0.2, 0) is 47.4 Å². The summed E-state index contributed by atoms with van der Waals surface area (Å²) in [6.45, 7) is 5.62. The minimum Gasteiger partial charge on any atom is -0.355 e. The van der Waals surface area contributed by atoms with Crippen molar-refractivity contribution in [3.8, 4) is 11.1 Å². The summed E-state index contributed by atoms with van der Waals surface area (Å²) in [5.74, 6) is -1.47. The molecule has 2 fully saturated rings. The molecule has 0 radical (unpaired) electrons. The number of pyridine rings is 1. The SMILES string of the molecule is CC(=O)N1CCc2c(c(N3CCCc4cc(-c5cn(C)c6ccncc56)c(C(F)F)cc43)nn2C2CCN(Cc3ccc(Nc4cccc5c4C(=O)N(C4CCC(=O)NC4=O)C5=O)cc3)CC2)C1. The number of nitrogens with one attached hydrogen (secondary N) is 2. The van der Waals surface area contributed by atoms with E-state index < -0.39 is 36.1 Å². The highest BCUT2D eigenvalue weighted by Gasteiger charge is 2.46. The quantitative estimate of drug-likeness (QED) is 0.141. The fraction of sp³-hybridized carbons (Fsp3) is 0.353. The van der Waals surface area contributed by atoms with E-state index in [0.29, 0.717) is 37.3 Å². The second-order valence-electron chi connectivity index (χ2n) is 18.6. The first-order valence-electron chi connectivity index (χ1n) is 23.3. The molecule has 0 bridgehead atoms. The molecule has 11 rings (SSSR count). The van der Waals surface area contributed by atoms with Gasteiger partial charge >= 0.3 is 0 Å². The lowest BCUT2D eigenvalue weighted by Gasteiger charge is -2.34. The number of imide groups is 2. The van der Waals surface area contributed by atoms with Gasteiger partial charge in [-0.25, -0.2) is 8.78 Å². The van der Waals surface area contributed by atoms with Crippen LogP contribution in [0.4, 0.5) is 31.7 Å². The van der Waals surface area contributed by atoms with Crippen molar-refractivity contribution in [3.05, 3.63) is 118 Å². The van der Waals surface area contributed by atoms with E-state index in [9.17, 15) is 24.0 Å². The van der Waals surface area contributed by atoms with Crippen molar-refractivity contribution in [2.24, 2.45) is 7.05 Å². The Morgan fingerprint density at radius 3 is 2.47 bits per heavy atom. The van der Waals surface area contributed by atoms with E-state index in [-0.39, 0.29) is 41.5 Å². The van der Waals surface area contributed by atoms with Gasteiger partial charge in [-0.2, -0.15) is 5.10 Å². The fourth-order valence-electron chi connectivity index (χ4n) is 11.0. The average Bonchev–Trinajstić information content (AvgIpc) is 3.97. The van der Waals surface area contributed by atoms with Gasteiger partial charge in [0.05, 0.1) is 34.9 Å². The highest BCUT2D eigenvalue weighted by molar-refractivity contribution is 6.25. The molecule has 348 valence electrons. The number of hydrogen-bond acceptors (Lipinski definition) is 10. The van der Waals surface area contributed by atoms with Crippen molar-refractivity contribution in [2.75, 3.05) is 36.4 Å². The van der Waals surface area contributed by atoms with Crippen molar-refractivity contribution in [1.29, 1.82) is 0 Å². The summed E-state index contributed by atoms with van der Waals surface area (Å²) in [7, 11) is 1.91. The van der Waals surface area contributed by atoms with E-state index in [1.165, 1.54) is 0 Å². The summed E-state index contributed by atoms with van der Waals surface area (Å²) in [6.07, 6.45) is 6.74. The lowest BCUT2D eigenvalue weighted by molar-refractivity contribution is -0.136. The summed E-state index contributed by atoms with van der Waals surface area (Å²) >= 11 is 0. The van der Waals surface area contributed by atoms with E-state index in [0.717, 1.165) is 106 Å². The first-order chi connectivity index (χ1) is 32.9. The number of aromatic nitrogens is 4. The molecule has 5 amide bonds.